The molecule has 0 unspecified atom stereocenters. The van der Waals surface area contributed by atoms with Gasteiger partial charge in [-0.05, 0) is 55.8 Å². The Balaban J connectivity index is 1.40. The third kappa shape index (κ3) is 2.86. The summed E-state index contributed by atoms with van der Waals surface area (Å²) in [6.07, 6.45) is 9.74. The summed E-state index contributed by atoms with van der Waals surface area (Å²) in [7, 11) is 0. The molecule has 2 aliphatic heterocycles. The highest BCUT2D eigenvalue weighted by atomic mass is 15.3. The molecule has 0 amide bonds. The van der Waals surface area contributed by atoms with Gasteiger partial charge in [-0.25, -0.2) is 4.98 Å². The van der Waals surface area contributed by atoms with Crippen LogP contribution in [0.25, 0.3) is 0 Å². The van der Waals surface area contributed by atoms with Gasteiger partial charge in [0, 0.05) is 25.0 Å². The van der Waals surface area contributed by atoms with Gasteiger partial charge in [-0.1, -0.05) is 6.07 Å². The Labute approximate surface area is 131 Å². The van der Waals surface area contributed by atoms with E-state index >= 15 is 0 Å². The Kier molecular flexibility index (Phi) is 3.81. The molecule has 1 fully saturated rings. The van der Waals surface area contributed by atoms with E-state index in [0.717, 1.165) is 44.7 Å². The largest absolute Gasteiger partial charge is 0.370 e. The van der Waals surface area contributed by atoms with Crippen molar-refractivity contribution in [2.75, 3.05) is 25.0 Å². The molecule has 0 radical (unpaired) electrons. The lowest BCUT2D eigenvalue weighted by Gasteiger charge is -2.17. The molecule has 116 valence electrons. The van der Waals surface area contributed by atoms with Crippen molar-refractivity contribution in [1.82, 2.24) is 20.1 Å². The maximum atomic E-state index is 4.76. The fourth-order valence-electron chi connectivity index (χ4n) is 3.35. The van der Waals surface area contributed by atoms with Crippen LogP contribution in [0.2, 0.25) is 0 Å². The highest BCUT2D eigenvalue weighted by Crippen LogP contribution is 2.20. The number of aromatic nitrogens is 3. The average molecular weight is 297 g/mol. The zero-order chi connectivity index (χ0) is 14.8. The number of pyridine rings is 1. The monoisotopic (exact) mass is 297 g/mol. The highest BCUT2D eigenvalue weighted by Gasteiger charge is 2.17. The van der Waals surface area contributed by atoms with Crippen LogP contribution in [0.5, 0.6) is 0 Å². The lowest BCUT2D eigenvalue weighted by Crippen LogP contribution is -2.14. The summed E-state index contributed by atoms with van der Waals surface area (Å²) in [5.41, 5.74) is 3.83. The van der Waals surface area contributed by atoms with Gasteiger partial charge >= 0.3 is 0 Å². The van der Waals surface area contributed by atoms with Gasteiger partial charge in [0.15, 0.2) is 0 Å². The molecular formula is C17H23N5. The quantitative estimate of drug-likeness (QED) is 0.906. The van der Waals surface area contributed by atoms with E-state index in [-0.39, 0.29) is 0 Å². The van der Waals surface area contributed by atoms with Crippen LogP contribution in [-0.4, -0.2) is 34.4 Å². The molecule has 2 aromatic rings. The van der Waals surface area contributed by atoms with E-state index in [0.29, 0.717) is 6.04 Å². The molecule has 22 heavy (non-hydrogen) atoms. The minimum atomic E-state index is 0.528. The van der Waals surface area contributed by atoms with Crippen molar-refractivity contribution < 1.29 is 0 Å². The lowest BCUT2D eigenvalue weighted by molar-refractivity contribution is 0.490. The Morgan fingerprint density at radius 1 is 1.23 bits per heavy atom. The van der Waals surface area contributed by atoms with E-state index < -0.39 is 0 Å². The van der Waals surface area contributed by atoms with Crippen molar-refractivity contribution in [3.8, 4) is 0 Å². The van der Waals surface area contributed by atoms with Crippen LogP contribution in [0.4, 0.5) is 5.82 Å². The Morgan fingerprint density at radius 2 is 2.23 bits per heavy atom. The number of nitrogens with one attached hydrogen (secondary N) is 2. The van der Waals surface area contributed by atoms with Gasteiger partial charge in [-0.15, -0.1) is 0 Å². The molecule has 1 atom stereocenters. The second-order valence-electron chi connectivity index (χ2n) is 6.32. The zero-order valence-electron chi connectivity index (χ0n) is 12.9. The van der Waals surface area contributed by atoms with Gasteiger partial charge in [0.2, 0.25) is 0 Å². The number of hydrogen-bond donors (Lipinski definition) is 2. The molecule has 0 aliphatic carbocycles. The van der Waals surface area contributed by atoms with Crippen LogP contribution < -0.4 is 10.6 Å². The Hall–Kier alpha value is -1.88. The zero-order valence-corrected chi connectivity index (χ0v) is 12.9. The van der Waals surface area contributed by atoms with Crippen LogP contribution in [0, 0.1) is 0 Å². The molecule has 0 aromatic carbocycles. The average Bonchev–Trinajstić information content (AvgIpc) is 3.24. The van der Waals surface area contributed by atoms with Crippen LogP contribution in [0.15, 0.2) is 24.5 Å². The summed E-state index contributed by atoms with van der Waals surface area (Å²) in [5.74, 6) is 1.09. The van der Waals surface area contributed by atoms with Gasteiger partial charge in [-0.2, -0.15) is 5.10 Å². The molecule has 0 spiro atoms. The number of hydrogen-bond acceptors (Lipinski definition) is 4. The SMILES string of the molecule is c1nn([C@@H]2CCNC2)cc1CCc1ccc2c(n1)NCCC2. The van der Waals surface area contributed by atoms with Gasteiger partial charge in [0.05, 0.1) is 12.2 Å². The second-order valence-corrected chi connectivity index (χ2v) is 6.32. The van der Waals surface area contributed by atoms with Crippen LogP contribution in [0.1, 0.15) is 35.7 Å². The Bertz CT molecular complexity index is 642. The lowest BCUT2D eigenvalue weighted by atomic mass is 10.1. The van der Waals surface area contributed by atoms with Crippen LogP contribution >= 0.6 is 0 Å². The van der Waals surface area contributed by atoms with Gasteiger partial charge < -0.3 is 10.6 Å². The third-order valence-corrected chi connectivity index (χ3v) is 4.69. The number of fused-ring (bicyclic) bond motifs is 1. The second kappa shape index (κ2) is 6.08. The molecule has 0 saturated carbocycles. The van der Waals surface area contributed by atoms with Gasteiger partial charge in [-0.3, -0.25) is 4.68 Å². The van der Waals surface area contributed by atoms with E-state index in [1.165, 1.54) is 29.7 Å². The van der Waals surface area contributed by atoms with Crippen LogP contribution in [0.3, 0.4) is 0 Å². The minimum absolute atomic E-state index is 0.528. The van der Waals surface area contributed by atoms with Gasteiger partial charge in [0.1, 0.15) is 5.82 Å². The first-order valence-electron chi connectivity index (χ1n) is 8.35. The summed E-state index contributed by atoms with van der Waals surface area (Å²) < 4.78 is 2.12. The molecule has 0 bridgehead atoms. The molecule has 2 aliphatic rings. The molecule has 4 heterocycles. The number of aryl methyl sites for hydroxylation is 3. The van der Waals surface area contributed by atoms with Crippen molar-refractivity contribution in [2.45, 2.75) is 38.1 Å². The van der Waals surface area contributed by atoms with Crippen molar-refractivity contribution >= 4 is 5.82 Å². The van der Waals surface area contributed by atoms with Crippen molar-refractivity contribution in [3.05, 3.63) is 41.3 Å². The van der Waals surface area contributed by atoms with E-state index in [2.05, 4.69) is 38.7 Å². The van der Waals surface area contributed by atoms with E-state index in [9.17, 15) is 0 Å². The summed E-state index contributed by atoms with van der Waals surface area (Å²) in [6.45, 7) is 3.19. The predicted molar refractivity (Wildman–Crippen MR) is 87.2 cm³/mol. The molecule has 5 heteroatoms. The molecule has 5 nitrogen and oxygen atoms in total. The first kappa shape index (κ1) is 13.8. The maximum absolute atomic E-state index is 4.76. The Morgan fingerprint density at radius 3 is 3.14 bits per heavy atom. The first-order chi connectivity index (χ1) is 10.9. The summed E-state index contributed by atoms with van der Waals surface area (Å²) in [5, 5.41) is 11.3. The fourth-order valence-corrected chi connectivity index (χ4v) is 3.35. The predicted octanol–water partition coefficient (Wildman–Crippen LogP) is 1.96. The minimum Gasteiger partial charge on any atom is -0.370 e. The maximum Gasteiger partial charge on any atom is 0.129 e. The molecule has 1 saturated heterocycles. The van der Waals surface area contributed by atoms with Crippen molar-refractivity contribution in [2.24, 2.45) is 0 Å². The van der Waals surface area contributed by atoms with E-state index in [1.807, 2.05) is 6.20 Å². The summed E-state index contributed by atoms with van der Waals surface area (Å²) in [4.78, 5) is 4.76. The van der Waals surface area contributed by atoms with E-state index in [4.69, 9.17) is 4.98 Å². The molecule has 4 rings (SSSR count). The summed E-state index contributed by atoms with van der Waals surface area (Å²) >= 11 is 0. The standard InChI is InChI=1S/C17H23N5/c1-2-14-4-6-15(21-17(14)19-8-1)5-3-13-10-20-22(12-13)16-7-9-18-11-16/h4,6,10,12,16,18H,1-3,5,7-9,11H2,(H,19,21)/t16-/m1/s1. The number of rotatable bonds is 4. The molecule has 2 aromatic heterocycles. The number of nitrogens with zero attached hydrogens (tertiary/aromatic N) is 3. The number of anilines is 1. The smallest absolute Gasteiger partial charge is 0.129 e. The summed E-state index contributed by atoms with van der Waals surface area (Å²) in [6, 6.07) is 4.94. The normalized spacial score (nSPS) is 20.6. The van der Waals surface area contributed by atoms with Crippen LogP contribution in [-0.2, 0) is 19.3 Å². The van der Waals surface area contributed by atoms with Crippen molar-refractivity contribution in [3.63, 3.8) is 0 Å². The van der Waals surface area contributed by atoms with E-state index in [1.54, 1.807) is 0 Å². The van der Waals surface area contributed by atoms with Crippen molar-refractivity contribution in [1.29, 1.82) is 0 Å². The molecule has 2 N–H and O–H groups in total. The topological polar surface area (TPSA) is 54.8 Å². The highest BCUT2D eigenvalue weighted by molar-refractivity contribution is 5.47. The first-order valence-corrected chi connectivity index (χ1v) is 8.35. The third-order valence-electron chi connectivity index (χ3n) is 4.69. The molecular weight excluding hydrogens is 274 g/mol. The van der Waals surface area contributed by atoms with Gasteiger partial charge in [0.25, 0.3) is 0 Å². The fraction of sp³-hybridized carbons (Fsp3) is 0.529.